The first kappa shape index (κ1) is 10.1. The van der Waals surface area contributed by atoms with E-state index < -0.39 is 5.82 Å². The van der Waals surface area contributed by atoms with Crippen LogP contribution in [-0.2, 0) is 0 Å². The van der Waals surface area contributed by atoms with Crippen molar-refractivity contribution in [2.24, 2.45) is 0 Å². The Kier molecular flexibility index (Phi) is 2.49. The molecule has 0 unspecified atom stereocenters. The average molecular weight is 283 g/mol. The fourth-order valence-electron chi connectivity index (χ4n) is 1.38. The molecule has 18 heavy (non-hydrogen) atoms. The lowest BCUT2D eigenvalue weighted by molar-refractivity contribution is 0.592. The molecule has 0 aliphatic rings. The van der Waals surface area contributed by atoms with Gasteiger partial charge in [-0.1, -0.05) is 17.7 Å². The molecule has 0 spiro atoms. The van der Waals surface area contributed by atoms with Crippen LogP contribution in [-0.4, -0.2) is 25.2 Å². The number of aromatic nitrogens is 5. The summed E-state index contributed by atoms with van der Waals surface area (Å²) in [6.45, 7) is 0. The Morgan fingerprint density at radius 2 is 2.33 bits per heavy atom. The predicted octanol–water partition coefficient (Wildman–Crippen LogP) is 2.58. The molecular formula is C10H5ClFN5S. The van der Waals surface area contributed by atoms with Crippen LogP contribution in [0.3, 0.4) is 0 Å². The van der Waals surface area contributed by atoms with E-state index in [2.05, 4.69) is 20.4 Å². The number of hydrogen-bond acceptors (Lipinski definition) is 5. The smallest absolute Gasteiger partial charge is 0.216 e. The molecule has 8 heteroatoms. The molecule has 0 aliphatic heterocycles. The Morgan fingerprint density at radius 1 is 1.44 bits per heavy atom. The summed E-state index contributed by atoms with van der Waals surface area (Å²) in [5, 5.41) is 11.8. The van der Waals surface area contributed by atoms with Crippen LogP contribution in [0.2, 0.25) is 5.02 Å². The summed E-state index contributed by atoms with van der Waals surface area (Å²) in [5.74, 6) is -0.266. The third-order valence-electron chi connectivity index (χ3n) is 2.16. The number of tetrazole rings is 1. The van der Waals surface area contributed by atoms with Gasteiger partial charge in [-0.25, -0.2) is 4.39 Å². The highest BCUT2D eigenvalue weighted by atomic mass is 35.5. The molecule has 0 fully saturated rings. The van der Waals surface area contributed by atoms with Crippen molar-refractivity contribution in [3.05, 3.63) is 40.7 Å². The van der Waals surface area contributed by atoms with Gasteiger partial charge in [0.25, 0.3) is 0 Å². The number of rotatable bonds is 2. The SMILES string of the molecule is [2H]c1ncc(-c2nnn(-c3c(F)cccc3Cl)n2)s1. The van der Waals surface area contributed by atoms with Crippen LogP contribution in [0, 0.1) is 5.82 Å². The average Bonchev–Trinajstić information content (AvgIpc) is 2.98. The summed E-state index contributed by atoms with van der Waals surface area (Å²) in [5.41, 5.74) is 0.189. The standard InChI is InChI=1S/C10H5ClFN5S/c11-6-2-1-3-7(12)9(6)17-15-10(14-16-17)8-4-13-5-18-8/h1-5H/i5D. The van der Waals surface area contributed by atoms with Gasteiger partial charge in [0.15, 0.2) is 5.82 Å². The van der Waals surface area contributed by atoms with E-state index in [1.54, 1.807) is 0 Å². The molecule has 3 aromatic rings. The van der Waals surface area contributed by atoms with E-state index in [0.717, 1.165) is 16.1 Å². The third kappa shape index (κ3) is 1.87. The second-order valence-electron chi connectivity index (χ2n) is 3.29. The van der Waals surface area contributed by atoms with E-state index in [1.165, 1.54) is 24.4 Å². The molecule has 90 valence electrons. The minimum Gasteiger partial charge on any atom is -0.252 e. The zero-order valence-corrected chi connectivity index (χ0v) is 10.3. The number of halogens is 2. The highest BCUT2D eigenvalue weighted by molar-refractivity contribution is 7.13. The van der Waals surface area contributed by atoms with Gasteiger partial charge < -0.3 is 0 Å². The summed E-state index contributed by atoms with van der Waals surface area (Å²) in [6.07, 6.45) is 1.47. The molecule has 2 heterocycles. The highest BCUT2D eigenvalue weighted by Gasteiger charge is 2.14. The third-order valence-corrected chi connectivity index (χ3v) is 3.17. The Morgan fingerprint density at radius 3 is 3.06 bits per heavy atom. The summed E-state index contributed by atoms with van der Waals surface area (Å²) in [7, 11) is 0. The molecule has 3 rings (SSSR count). The van der Waals surface area contributed by atoms with Crippen molar-refractivity contribution in [3.8, 4) is 16.4 Å². The van der Waals surface area contributed by atoms with Gasteiger partial charge in [0.1, 0.15) is 5.69 Å². The van der Waals surface area contributed by atoms with Crippen molar-refractivity contribution in [1.29, 1.82) is 0 Å². The quantitative estimate of drug-likeness (QED) is 0.725. The van der Waals surface area contributed by atoms with Crippen LogP contribution in [0.5, 0.6) is 0 Å². The van der Waals surface area contributed by atoms with Crippen LogP contribution < -0.4 is 0 Å². The largest absolute Gasteiger partial charge is 0.252 e. The monoisotopic (exact) mass is 282 g/mol. The minimum atomic E-state index is -0.540. The number of nitrogens with zero attached hydrogens (tertiary/aromatic N) is 5. The molecule has 0 aliphatic carbocycles. The van der Waals surface area contributed by atoms with Crippen molar-refractivity contribution < 1.29 is 5.76 Å². The van der Waals surface area contributed by atoms with Crippen LogP contribution >= 0.6 is 22.9 Å². The molecule has 0 radical (unpaired) electrons. The maximum atomic E-state index is 13.7. The second-order valence-corrected chi connectivity index (χ2v) is 4.52. The van der Waals surface area contributed by atoms with E-state index in [0.29, 0.717) is 4.88 Å². The fraction of sp³-hybridized carbons (Fsp3) is 0. The Balaban J connectivity index is 2.06. The molecule has 5 nitrogen and oxygen atoms in total. The Labute approximate surface area is 111 Å². The van der Waals surface area contributed by atoms with Crippen LogP contribution in [0.15, 0.2) is 29.9 Å². The molecule has 2 aromatic heterocycles. The van der Waals surface area contributed by atoms with Crippen molar-refractivity contribution in [3.63, 3.8) is 0 Å². The van der Waals surface area contributed by atoms with E-state index >= 15 is 0 Å². The number of para-hydroxylation sites is 1. The van der Waals surface area contributed by atoms with Crippen molar-refractivity contribution in [2.75, 3.05) is 0 Å². The van der Waals surface area contributed by atoms with Gasteiger partial charge in [-0.3, -0.25) is 4.98 Å². The number of benzene rings is 1. The lowest BCUT2D eigenvalue weighted by Crippen LogP contribution is -2.03. The topological polar surface area (TPSA) is 56.5 Å². The maximum Gasteiger partial charge on any atom is 0.216 e. The Hall–Kier alpha value is -1.86. The highest BCUT2D eigenvalue weighted by Crippen LogP contribution is 2.23. The van der Waals surface area contributed by atoms with Gasteiger partial charge >= 0.3 is 0 Å². The van der Waals surface area contributed by atoms with Gasteiger partial charge in [-0.15, -0.1) is 26.3 Å². The first-order valence-corrected chi connectivity index (χ1v) is 6.02. The predicted molar refractivity (Wildman–Crippen MR) is 65.2 cm³/mol. The van der Waals surface area contributed by atoms with Crippen LogP contribution in [0.25, 0.3) is 16.4 Å². The molecule has 0 saturated heterocycles. The molecule has 0 atom stereocenters. The summed E-state index contributed by atoms with van der Waals surface area (Å²) >= 11 is 7.02. The van der Waals surface area contributed by atoms with E-state index in [4.69, 9.17) is 13.0 Å². The number of hydrogen-bond donors (Lipinski definition) is 0. The molecular weight excluding hydrogens is 277 g/mol. The summed E-state index contributed by atoms with van der Waals surface area (Å²) in [6, 6.07) is 4.30. The van der Waals surface area contributed by atoms with E-state index in [9.17, 15) is 4.39 Å². The van der Waals surface area contributed by atoms with Crippen molar-refractivity contribution >= 4 is 22.9 Å². The zero-order valence-electron chi connectivity index (χ0n) is 9.71. The van der Waals surface area contributed by atoms with Crippen molar-refractivity contribution in [2.45, 2.75) is 0 Å². The van der Waals surface area contributed by atoms with Gasteiger partial charge in [-0.05, 0) is 17.3 Å². The first-order valence-electron chi connectivity index (χ1n) is 5.32. The molecule has 0 saturated carbocycles. The summed E-state index contributed by atoms with van der Waals surface area (Å²) < 4.78 is 21.0. The van der Waals surface area contributed by atoms with E-state index in [1.807, 2.05) is 0 Å². The second kappa shape index (κ2) is 4.43. The molecule has 1 aromatic carbocycles. The molecule has 0 amide bonds. The van der Waals surface area contributed by atoms with Gasteiger partial charge in [-0.2, -0.15) is 0 Å². The van der Waals surface area contributed by atoms with Gasteiger partial charge in [0, 0.05) is 6.20 Å². The van der Waals surface area contributed by atoms with E-state index in [-0.39, 0.29) is 22.0 Å². The van der Waals surface area contributed by atoms with Gasteiger partial charge in [0.05, 0.1) is 16.8 Å². The van der Waals surface area contributed by atoms with Crippen LogP contribution in [0.4, 0.5) is 4.39 Å². The number of thiazole rings is 1. The molecule has 0 N–H and O–H groups in total. The summed E-state index contributed by atoms with van der Waals surface area (Å²) in [4.78, 5) is 5.39. The zero-order chi connectivity index (χ0) is 13.4. The van der Waals surface area contributed by atoms with Crippen LogP contribution in [0.1, 0.15) is 1.37 Å². The Bertz CT molecular complexity index is 723. The molecule has 0 bridgehead atoms. The fourth-order valence-corrected chi connectivity index (χ4v) is 2.10. The van der Waals surface area contributed by atoms with Crippen molar-refractivity contribution in [1.82, 2.24) is 25.2 Å². The minimum absolute atomic E-state index is 0.0403. The lowest BCUT2D eigenvalue weighted by Gasteiger charge is -2.01. The lowest BCUT2D eigenvalue weighted by atomic mass is 10.3. The van der Waals surface area contributed by atoms with Gasteiger partial charge in [0.2, 0.25) is 5.82 Å². The normalized spacial score (nSPS) is 11.6. The maximum absolute atomic E-state index is 13.7. The first-order chi connectivity index (χ1) is 9.15.